The van der Waals surface area contributed by atoms with Crippen molar-refractivity contribution < 1.29 is 9.18 Å². The van der Waals surface area contributed by atoms with Gasteiger partial charge in [-0.15, -0.1) is 0 Å². The van der Waals surface area contributed by atoms with Crippen LogP contribution < -0.4 is 10.2 Å². The van der Waals surface area contributed by atoms with Crippen molar-refractivity contribution in [3.63, 3.8) is 0 Å². The zero-order valence-electron chi connectivity index (χ0n) is 16.7. The number of anilines is 1. The number of amides is 2. The van der Waals surface area contributed by atoms with Crippen LogP contribution in [0.3, 0.4) is 0 Å². The maximum Gasteiger partial charge on any atom is 0.322 e. The third-order valence-electron chi connectivity index (χ3n) is 6.84. The molecule has 2 aromatic rings. The highest BCUT2D eigenvalue weighted by Gasteiger charge is 2.46. The lowest BCUT2D eigenvalue weighted by Crippen LogP contribution is -2.48. The van der Waals surface area contributed by atoms with Gasteiger partial charge in [-0.05, 0) is 74.0 Å². The molecule has 2 aromatic carbocycles. The number of rotatable bonds is 4. The van der Waals surface area contributed by atoms with Crippen molar-refractivity contribution in [1.29, 1.82) is 0 Å². The molecule has 0 radical (unpaired) electrons. The lowest BCUT2D eigenvalue weighted by atomic mass is 9.74. The van der Waals surface area contributed by atoms with E-state index in [0.717, 1.165) is 48.7 Å². The van der Waals surface area contributed by atoms with E-state index in [0.29, 0.717) is 13.1 Å². The van der Waals surface area contributed by atoms with Gasteiger partial charge in [-0.1, -0.05) is 30.3 Å². The predicted octanol–water partition coefficient (Wildman–Crippen LogP) is 4.30. The fourth-order valence-electron chi connectivity index (χ4n) is 4.95. The van der Waals surface area contributed by atoms with Crippen molar-refractivity contribution in [3.05, 3.63) is 65.5 Å². The van der Waals surface area contributed by atoms with Crippen molar-refractivity contribution in [2.45, 2.75) is 37.6 Å². The Hall–Kier alpha value is -2.40. The molecular weight excluding hydrogens is 365 g/mol. The SMILES string of the molecule is O=C(NCc1ccccc1)N1CC2(CCN(CC3CC3)CC2)c2cc(F)ccc21. The molecular formula is C24H28FN3O. The summed E-state index contributed by atoms with van der Waals surface area (Å²) in [7, 11) is 0. The lowest BCUT2D eigenvalue weighted by molar-refractivity contribution is 0.160. The second kappa shape index (κ2) is 7.45. The number of hydrogen-bond acceptors (Lipinski definition) is 2. The summed E-state index contributed by atoms with van der Waals surface area (Å²) in [5.41, 5.74) is 2.83. The largest absolute Gasteiger partial charge is 0.334 e. The summed E-state index contributed by atoms with van der Waals surface area (Å²) in [6, 6.07) is 14.7. The van der Waals surface area contributed by atoms with Crippen molar-refractivity contribution in [3.8, 4) is 0 Å². The molecule has 5 heteroatoms. The van der Waals surface area contributed by atoms with E-state index in [1.54, 1.807) is 12.1 Å². The second-order valence-corrected chi connectivity index (χ2v) is 8.92. The molecule has 0 aromatic heterocycles. The van der Waals surface area contributed by atoms with Gasteiger partial charge in [0.2, 0.25) is 0 Å². The molecule has 2 amide bonds. The second-order valence-electron chi connectivity index (χ2n) is 8.92. The summed E-state index contributed by atoms with van der Waals surface area (Å²) in [5.74, 6) is 0.674. The van der Waals surface area contributed by atoms with Crippen LogP contribution in [-0.2, 0) is 12.0 Å². The van der Waals surface area contributed by atoms with E-state index in [-0.39, 0.29) is 17.3 Å². The Kier molecular flexibility index (Phi) is 4.78. The molecule has 152 valence electrons. The first-order valence-corrected chi connectivity index (χ1v) is 10.7. The Balaban J connectivity index is 1.33. The molecule has 0 unspecified atom stereocenters. The zero-order valence-corrected chi connectivity index (χ0v) is 16.7. The van der Waals surface area contributed by atoms with Gasteiger partial charge in [0.05, 0.1) is 0 Å². The van der Waals surface area contributed by atoms with Crippen LogP contribution in [0.25, 0.3) is 0 Å². The number of carbonyl (C=O) groups is 1. The number of carbonyl (C=O) groups excluding carboxylic acids is 1. The van der Waals surface area contributed by atoms with Crippen molar-refractivity contribution >= 4 is 11.7 Å². The van der Waals surface area contributed by atoms with Gasteiger partial charge in [0.1, 0.15) is 5.82 Å². The average molecular weight is 394 g/mol. The fourth-order valence-corrected chi connectivity index (χ4v) is 4.95. The minimum absolute atomic E-state index is 0.0982. The Morgan fingerprint density at radius 1 is 1.10 bits per heavy atom. The van der Waals surface area contributed by atoms with Gasteiger partial charge in [-0.3, -0.25) is 4.90 Å². The van der Waals surface area contributed by atoms with Crippen molar-refractivity contribution in [1.82, 2.24) is 10.2 Å². The van der Waals surface area contributed by atoms with E-state index in [1.807, 2.05) is 35.2 Å². The van der Waals surface area contributed by atoms with Gasteiger partial charge < -0.3 is 10.2 Å². The van der Waals surface area contributed by atoms with Gasteiger partial charge in [-0.2, -0.15) is 0 Å². The first-order chi connectivity index (χ1) is 14.1. The molecule has 1 aliphatic carbocycles. The molecule has 0 bridgehead atoms. The number of benzene rings is 2. The highest BCUT2D eigenvalue weighted by Crippen LogP contribution is 2.47. The molecule has 29 heavy (non-hydrogen) atoms. The normalized spacial score (nSPS) is 20.7. The summed E-state index contributed by atoms with van der Waals surface area (Å²) < 4.78 is 14.1. The topological polar surface area (TPSA) is 35.6 Å². The first kappa shape index (κ1) is 18.6. The molecule has 1 saturated carbocycles. The van der Waals surface area contributed by atoms with Crippen LogP contribution >= 0.6 is 0 Å². The number of nitrogens with zero attached hydrogens (tertiary/aromatic N) is 2. The molecule has 4 nitrogen and oxygen atoms in total. The number of hydrogen-bond donors (Lipinski definition) is 1. The summed E-state index contributed by atoms with van der Waals surface area (Å²) in [5, 5.41) is 3.04. The number of nitrogens with one attached hydrogen (secondary N) is 1. The molecule has 0 atom stereocenters. The van der Waals surface area contributed by atoms with Crippen LogP contribution in [0.15, 0.2) is 48.5 Å². The predicted molar refractivity (Wildman–Crippen MR) is 112 cm³/mol. The standard InChI is InChI=1S/C24H28FN3O/c25-20-8-9-22-21(14-20)24(10-12-27(13-11-24)16-19-6-7-19)17-28(22)23(29)26-15-18-4-2-1-3-5-18/h1-5,8-9,14,19H,6-7,10-13,15-17H2,(H,26,29). The third-order valence-corrected chi connectivity index (χ3v) is 6.84. The molecule has 2 fully saturated rings. The Morgan fingerprint density at radius 2 is 1.86 bits per heavy atom. The highest BCUT2D eigenvalue weighted by atomic mass is 19.1. The number of fused-ring (bicyclic) bond motifs is 2. The van der Waals surface area contributed by atoms with Gasteiger partial charge >= 0.3 is 6.03 Å². The van der Waals surface area contributed by atoms with Gasteiger partial charge in [0, 0.05) is 30.7 Å². The van der Waals surface area contributed by atoms with Gasteiger partial charge in [-0.25, -0.2) is 9.18 Å². The van der Waals surface area contributed by atoms with Crippen LogP contribution in [0.1, 0.15) is 36.8 Å². The summed E-state index contributed by atoms with van der Waals surface area (Å²) in [4.78, 5) is 17.4. The summed E-state index contributed by atoms with van der Waals surface area (Å²) in [6.45, 7) is 4.41. The van der Waals surface area contributed by atoms with Crippen molar-refractivity contribution in [2.75, 3.05) is 31.1 Å². The van der Waals surface area contributed by atoms with Crippen LogP contribution in [-0.4, -0.2) is 37.1 Å². The maximum atomic E-state index is 14.1. The number of piperidine rings is 1. The number of urea groups is 1. The van der Waals surface area contributed by atoms with E-state index < -0.39 is 0 Å². The van der Waals surface area contributed by atoms with E-state index in [4.69, 9.17) is 0 Å². The molecule has 2 aliphatic heterocycles. The van der Waals surface area contributed by atoms with Crippen LogP contribution in [0.2, 0.25) is 0 Å². The summed E-state index contributed by atoms with van der Waals surface area (Å²) in [6.07, 6.45) is 4.70. The van der Waals surface area contributed by atoms with E-state index >= 15 is 0 Å². The summed E-state index contributed by atoms with van der Waals surface area (Å²) >= 11 is 0. The minimum atomic E-state index is -0.213. The molecule has 3 aliphatic rings. The van der Waals surface area contributed by atoms with Crippen molar-refractivity contribution in [2.24, 2.45) is 5.92 Å². The number of halogens is 1. The lowest BCUT2D eigenvalue weighted by Gasteiger charge is -2.40. The highest BCUT2D eigenvalue weighted by molar-refractivity contribution is 5.95. The zero-order chi connectivity index (χ0) is 19.8. The van der Waals surface area contributed by atoms with Crippen LogP contribution in [0, 0.1) is 11.7 Å². The van der Waals surface area contributed by atoms with Crippen LogP contribution in [0.4, 0.5) is 14.9 Å². The quantitative estimate of drug-likeness (QED) is 0.841. The Bertz CT molecular complexity index is 888. The average Bonchev–Trinajstić information content (AvgIpc) is 3.51. The van der Waals surface area contributed by atoms with E-state index in [1.165, 1.54) is 25.5 Å². The van der Waals surface area contributed by atoms with Gasteiger partial charge in [0.25, 0.3) is 0 Å². The van der Waals surface area contributed by atoms with E-state index in [9.17, 15) is 9.18 Å². The number of likely N-dealkylation sites (tertiary alicyclic amines) is 1. The Labute approximate surface area is 171 Å². The third kappa shape index (κ3) is 3.76. The van der Waals surface area contributed by atoms with Gasteiger partial charge in [0.15, 0.2) is 0 Å². The minimum Gasteiger partial charge on any atom is -0.334 e. The smallest absolute Gasteiger partial charge is 0.322 e. The molecule has 1 spiro atoms. The fraction of sp³-hybridized carbons (Fsp3) is 0.458. The first-order valence-electron chi connectivity index (χ1n) is 10.7. The van der Waals surface area contributed by atoms with E-state index in [2.05, 4.69) is 10.2 Å². The maximum absolute atomic E-state index is 14.1. The molecule has 1 N–H and O–H groups in total. The van der Waals surface area contributed by atoms with Crippen LogP contribution in [0.5, 0.6) is 0 Å². The molecule has 1 saturated heterocycles. The monoisotopic (exact) mass is 393 g/mol. The molecule has 2 heterocycles. The Morgan fingerprint density at radius 3 is 2.59 bits per heavy atom. The molecule has 5 rings (SSSR count).